The lowest BCUT2D eigenvalue weighted by atomic mass is 9.80. The lowest BCUT2D eigenvalue weighted by Crippen LogP contribution is -2.49. The molecule has 0 spiro atoms. The van der Waals surface area contributed by atoms with Crippen molar-refractivity contribution in [3.8, 4) is 5.75 Å². The zero-order valence-electron chi connectivity index (χ0n) is 13.2. The molecule has 5 heteroatoms. The van der Waals surface area contributed by atoms with Crippen LogP contribution in [-0.2, 0) is 6.42 Å². The standard InChI is InChI=1S/C16H26BNO3/c1-12(11-19)16-8-7-14(18(16)17(2)20)9-13-5-4-6-15(10-13)21-3/h4-6,10,12,14,16,19-20H,7-9,11H2,1-3H3/t12-,14-,16+/m0/s1. The Bertz CT molecular complexity index is 455. The highest BCUT2D eigenvalue weighted by Crippen LogP contribution is 2.32. The minimum absolute atomic E-state index is 0.166. The molecular weight excluding hydrogens is 265 g/mol. The van der Waals surface area contributed by atoms with Crippen LogP contribution in [0.1, 0.15) is 25.3 Å². The van der Waals surface area contributed by atoms with Crippen LogP contribution < -0.4 is 4.74 Å². The molecule has 2 N–H and O–H groups in total. The smallest absolute Gasteiger partial charge is 0.376 e. The molecule has 21 heavy (non-hydrogen) atoms. The van der Waals surface area contributed by atoms with Crippen LogP contribution in [0.3, 0.4) is 0 Å². The van der Waals surface area contributed by atoms with Gasteiger partial charge < -0.3 is 19.7 Å². The lowest BCUT2D eigenvalue weighted by Gasteiger charge is -2.34. The van der Waals surface area contributed by atoms with Crippen molar-refractivity contribution in [3.63, 3.8) is 0 Å². The summed E-state index contributed by atoms with van der Waals surface area (Å²) in [5.41, 5.74) is 1.22. The molecule has 1 aromatic carbocycles. The van der Waals surface area contributed by atoms with Gasteiger partial charge in [-0.2, -0.15) is 0 Å². The number of aliphatic hydroxyl groups excluding tert-OH is 1. The number of hydrogen-bond donors (Lipinski definition) is 2. The number of aliphatic hydroxyl groups is 1. The predicted octanol–water partition coefficient (Wildman–Crippen LogP) is 1.81. The largest absolute Gasteiger partial charge is 0.497 e. The van der Waals surface area contributed by atoms with E-state index in [1.54, 1.807) is 7.11 Å². The molecule has 0 bridgehead atoms. The monoisotopic (exact) mass is 291 g/mol. The van der Waals surface area contributed by atoms with E-state index in [1.807, 2.05) is 25.9 Å². The highest BCUT2D eigenvalue weighted by atomic mass is 16.5. The van der Waals surface area contributed by atoms with Gasteiger partial charge in [0, 0.05) is 18.7 Å². The molecule has 1 aliphatic rings. The van der Waals surface area contributed by atoms with E-state index in [2.05, 4.69) is 16.9 Å². The highest BCUT2D eigenvalue weighted by Gasteiger charge is 2.39. The molecule has 0 unspecified atom stereocenters. The van der Waals surface area contributed by atoms with Gasteiger partial charge in [-0.1, -0.05) is 19.1 Å². The van der Waals surface area contributed by atoms with Gasteiger partial charge in [0.2, 0.25) is 0 Å². The molecule has 1 fully saturated rings. The summed E-state index contributed by atoms with van der Waals surface area (Å²) in [5.74, 6) is 1.06. The molecule has 2 rings (SSSR count). The van der Waals surface area contributed by atoms with E-state index in [1.165, 1.54) is 5.56 Å². The number of benzene rings is 1. The van der Waals surface area contributed by atoms with Crippen molar-refractivity contribution >= 4 is 7.05 Å². The molecule has 1 heterocycles. The maximum Gasteiger partial charge on any atom is 0.376 e. The van der Waals surface area contributed by atoms with Crippen LogP contribution in [0.25, 0.3) is 0 Å². The fourth-order valence-electron chi connectivity index (χ4n) is 3.49. The molecule has 3 atom stereocenters. The van der Waals surface area contributed by atoms with Crippen LogP contribution in [0.4, 0.5) is 0 Å². The van der Waals surface area contributed by atoms with Crippen LogP contribution in [0.15, 0.2) is 24.3 Å². The maximum atomic E-state index is 10.1. The molecule has 0 aromatic heterocycles. The first-order valence-corrected chi connectivity index (χ1v) is 7.76. The van der Waals surface area contributed by atoms with E-state index in [9.17, 15) is 10.1 Å². The first-order chi connectivity index (χ1) is 10.1. The zero-order valence-corrected chi connectivity index (χ0v) is 13.2. The van der Waals surface area contributed by atoms with Crippen molar-refractivity contribution in [3.05, 3.63) is 29.8 Å². The van der Waals surface area contributed by atoms with Crippen molar-refractivity contribution < 1.29 is 14.9 Å². The summed E-state index contributed by atoms with van der Waals surface area (Å²) in [6.07, 6.45) is 2.98. The minimum Gasteiger partial charge on any atom is -0.497 e. The number of methoxy groups -OCH3 is 1. The SMILES string of the molecule is COc1cccc(C[C@@H]2CC[C@H]([C@@H](C)CO)N2B(C)O)c1. The molecular formula is C16H26BNO3. The Labute approximate surface area is 127 Å². The normalized spacial score (nSPS) is 24.0. The highest BCUT2D eigenvalue weighted by molar-refractivity contribution is 6.45. The Morgan fingerprint density at radius 1 is 1.43 bits per heavy atom. The van der Waals surface area contributed by atoms with Crippen LogP contribution in [-0.4, -0.2) is 47.8 Å². The van der Waals surface area contributed by atoms with E-state index >= 15 is 0 Å². The summed E-state index contributed by atoms with van der Waals surface area (Å²) in [6.45, 7) is 4.04. The van der Waals surface area contributed by atoms with E-state index in [0.29, 0.717) is 6.04 Å². The molecule has 0 saturated carbocycles. The summed E-state index contributed by atoms with van der Waals surface area (Å²) in [4.78, 5) is 2.17. The predicted molar refractivity (Wildman–Crippen MR) is 85.4 cm³/mol. The topological polar surface area (TPSA) is 52.9 Å². The van der Waals surface area contributed by atoms with Crippen LogP contribution in [0.2, 0.25) is 6.82 Å². The number of nitrogens with zero attached hydrogens (tertiary/aromatic N) is 1. The van der Waals surface area contributed by atoms with Crippen molar-refractivity contribution in [1.29, 1.82) is 0 Å². The van der Waals surface area contributed by atoms with E-state index in [-0.39, 0.29) is 18.6 Å². The average Bonchev–Trinajstić information content (AvgIpc) is 2.90. The summed E-state index contributed by atoms with van der Waals surface area (Å²) >= 11 is 0. The minimum atomic E-state index is -0.484. The van der Waals surface area contributed by atoms with Gasteiger partial charge in [0.05, 0.1) is 7.11 Å². The first kappa shape index (κ1) is 16.3. The third-order valence-electron chi connectivity index (χ3n) is 4.58. The quantitative estimate of drug-likeness (QED) is 0.785. The Kier molecular flexibility index (Phi) is 5.68. The van der Waals surface area contributed by atoms with Crippen molar-refractivity contribution in [2.45, 2.75) is 45.1 Å². The third-order valence-corrected chi connectivity index (χ3v) is 4.58. The van der Waals surface area contributed by atoms with Crippen molar-refractivity contribution in [1.82, 2.24) is 4.81 Å². The lowest BCUT2D eigenvalue weighted by molar-refractivity contribution is 0.158. The Morgan fingerprint density at radius 2 is 2.19 bits per heavy atom. The summed E-state index contributed by atoms with van der Waals surface area (Å²) in [5, 5.41) is 19.5. The summed E-state index contributed by atoms with van der Waals surface area (Å²) in [7, 11) is 1.19. The number of rotatable bonds is 6. The van der Waals surface area contributed by atoms with E-state index in [4.69, 9.17) is 4.74 Å². The van der Waals surface area contributed by atoms with Crippen LogP contribution in [0.5, 0.6) is 5.75 Å². The number of hydrogen-bond acceptors (Lipinski definition) is 4. The fraction of sp³-hybridized carbons (Fsp3) is 0.625. The van der Waals surface area contributed by atoms with E-state index < -0.39 is 7.05 Å². The van der Waals surface area contributed by atoms with Crippen molar-refractivity contribution in [2.24, 2.45) is 5.92 Å². The Balaban J connectivity index is 2.11. The van der Waals surface area contributed by atoms with Gasteiger partial charge >= 0.3 is 7.05 Å². The van der Waals surface area contributed by atoms with Gasteiger partial charge in [-0.05, 0) is 49.7 Å². The second-order valence-corrected chi connectivity index (χ2v) is 6.09. The molecule has 0 aliphatic carbocycles. The second kappa shape index (κ2) is 7.30. The van der Waals surface area contributed by atoms with Gasteiger partial charge in [-0.15, -0.1) is 0 Å². The molecule has 1 aliphatic heterocycles. The molecule has 0 amide bonds. The van der Waals surface area contributed by atoms with Gasteiger partial charge in [0.1, 0.15) is 5.75 Å². The third kappa shape index (κ3) is 3.79. The average molecular weight is 291 g/mol. The molecule has 116 valence electrons. The maximum absolute atomic E-state index is 10.1. The number of ether oxygens (including phenoxy) is 1. The molecule has 1 saturated heterocycles. The van der Waals surface area contributed by atoms with Crippen molar-refractivity contribution in [2.75, 3.05) is 13.7 Å². The molecule has 0 radical (unpaired) electrons. The zero-order chi connectivity index (χ0) is 15.4. The van der Waals surface area contributed by atoms with Gasteiger partial charge in [0.25, 0.3) is 0 Å². The Morgan fingerprint density at radius 3 is 2.81 bits per heavy atom. The summed E-state index contributed by atoms with van der Waals surface area (Å²) < 4.78 is 5.27. The van der Waals surface area contributed by atoms with Gasteiger partial charge in [0.15, 0.2) is 0 Å². The van der Waals surface area contributed by atoms with Crippen LogP contribution >= 0.6 is 0 Å². The molecule has 1 aromatic rings. The second-order valence-electron chi connectivity index (χ2n) is 6.09. The Hall–Kier alpha value is -1.04. The fourth-order valence-corrected chi connectivity index (χ4v) is 3.49. The van der Waals surface area contributed by atoms with Gasteiger partial charge in [-0.3, -0.25) is 0 Å². The van der Waals surface area contributed by atoms with Crippen LogP contribution in [0, 0.1) is 5.92 Å². The van der Waals surface area contributed by atoms with Gasteiger partial charge in [-0.25, -0.2) is 0 Å². The summed E-state index contributed by atoms with van der Waals surface area (Å²) in [6, 6.07) is 8.68. The van der Waals surface area contributed by atoms with E-state index in [0.717, 1.165) is 25.0 Å². The first-order valence-electron chi connectivity index (χ1n) is 7.76. The molecule has 4 nitrogen and oxygen atoms in total.